The largest absolute Gasteiger partial charge is 0.351 e. The van der Waals surface area contributed by atoms with Crippen LogP contribution in [0.25, 0.3) is 23.3 Å². The maximum Gasteiger partial charge on any atom is 0.330 e. The maximum absolute atomic E-state index is 13.0. The number of rotatable bonds is 6. The van der Waals surface area contributed by atoms with Crippen molar-refractivity contribution in [2.45, 2.75) is 43.8 Å². The van der Waals surface area contributed by atoms with Gasteiger partial charge in [-0.2, -0.15) is 0 Å². The quantitative estimate of drug-likeness (QED) is 0.710. The summed E-state index contributed by atoms with van der Waals surface area (Å²) < 4.78 is 3.80. The van der Waals surface area contributed by atoms with Gasteiger partial charge in [0, 0.05) is 37.5 Å². The van der Waals surface area contributed by atoms with Gasteiger partial charge in [0.25, 0.3) is 0 Å². The minimum absolute atomic E-state index is 0. The number of imidazole rings is 1. The predicted octanol–water partition coefficient (Wildman–Crippen LogP) is 3.67. The molecular weight excluding hydrogens is 352 g/mol. The van der Waals surface area contributed by atoms with E-state index in [1.165, 1.54) is 0 Å². The average Bonchev–Trinajstić information content (AvgIpc) is 3.48. The third-order valence-electron chi connectivity index (χ3n) is 5.65. The van der Waals surface area contributed by atoms with E-state index in [2.05, 4.69) is 33.4 Å². The molecule has 2 aliphatic rings. The van der Waals surface area contributed by atoms with Crippen LogP contribution in [0.2, 0.25) is 0 Å². The van der Waals surface area contributed by atoms with Gasteiger partial charge < -0.3 is 5.32 Å². The Morgan fingerprint density at radius 3 is 2.68 bits per heavy atom. The summed E-state index contributed by atoms with van der Waals surface area (Å²) in [5.41, 5.74) is 3.43. The van der Waals surface area contributed by atoms with Crippen molar-refractivity contribution < 1.29 is 1.43 Å². The first-order valence-electron chi connectivity index (χ1n) is 9.65. The Labute approximate surface area is 163 Å². The molecule has 0 bridgehead atoms. The van der Waals surface area contributed by atoms with E-state index in [9.17, 15) is 4.79 Å². The summed E-state index contributed by atoms with van der Waals surface area (Å²) in [5, 5.41) is 3.37. The molecule has 2 saturated carbocycles. The molecule has 0 aliphatic heterocycles. The summed E-state index contributed by atoms with van der Waals surface area (Å²) in [6.45, 7) is 7.56. The molecule has 3 aromatic rings. The molecule has 1 N–H and O–H groups in total. The van der Waals surface area contributed by atoms with E-state index in [-0.39, 0.29) is 19.2 Å². The van der Waals surface area contributed by atoms with Crippen LogP contribution >= 0.6 is 0 Å². The van der Waals surface area contributed by atoms with Crippen LogP contribution in [-0.4, -0.2) is 30.1 Å². The highest BCUT2D eigenvalue weighted by Gasteiger charge is 2.36. The van der Waals surface area contributed by atoms with Crippen molar-refractivity contribution in [3.05, 3.63) is 59.4 Å². The van der Waals surface area contributed by atoms with Crippen molar-refractivity contribution in [3.63, 3.8) is 0 Å². The fraction of sp³-hybridized carbons (Fsp3) is 0.333. The van der Waals surface area contributed by atoms with Crippen LogP contribution in [0.5, 0.6) is 0 Å². The zero-order valence-electron chi connectivity index (χ0n) is 15.6. The Kier molecular flexibility index (Phi) is 3.89. The van der Waals surface area contributed by atoms with Crippen molar-refractivity contribution in [1.29, 1.82) is 0 Å². The fourth-order valence-electron chi connectivity index (χ4n) is 3.98. The van der Waals surface area contributed by atoms with E-state index in [4.69, 9.17) is 0 Å². The van der Waals surface area contributed by atoms with Gasteiger partial charge >= 0.3 is 5.69 Å². The molecular formula is C21H24N6O. The van der Waals surface area contributed by atoms with Gasteiger partial charge in [0.1, 0.15) is 0 Å². The molecule has 0 unspecified atom stereocenters. The topological polar surface area (TPSA) is 77.6 Å². The molecule has 0 spiro atoms. The third-order valence-corrected chi connectivity index (χ3v) is 5.65. The number of fused-ring (bicyclic) bond motifs is 1. The van der Waals surface area contributed by atoms with Gasteiger partial charge in [-0.3, -0.25) is 9.13 Å². The van der Waals surface area contributed by atoms with Crippen LogP contribution < -0.4 is 11.0 Å². The maximum atomic E-state index is 13.0. The number of anilines is 1. The Morgan fingerprint density at radius 1 is 1.14 bits per heavy atom. The molecule has 3 heterocycles. The van der Waals surface area contributed by atoms with Crippen LogP contribution in [-0.2, 0) is 0 Å². The highest BCUT2D eigenvalue weighted by atomic mass is 16.2. The summed E-state index contributed by atoms with van der Waals surface area (Å²) in [4.78, 5) is 26.4. The van der Waals surface area contributed by atoms with Gasteiger partial charge in [0.05, 0.1) is 11.2 Å². The highest BCUT2D eigenvalue weighted by Crippen LogP contribution is 2.39. The Hall–Kier alpha value is -3.22. The van der Waals surface area contributed by atoms with E-state index in [1.54, 1.807) is 24.5 Å². The molecule has 3 aromatic heterocycles. The summed E-state index contributed by atoms with van der Waals surface area (Å²) in [7, 11) is 0. The van der Waals surface area contributed by atoms with Gasteiger partial charge in [0.2, 0.25) is 5.95 Å². The lowest BCUT2D eigenvalue weighted by Crippen LogP contribution is -2.41. The number of nitrogens with one attached hydrogen (secondary N) is 1. The molecule has 0 aromatic carbocycles. The summed E-state index contributed by atoms with van der Waals surface area (Å²) in [6.07, 6.45) is 10.8. The summed E-state index contributed by atoms with van der Waals surface area (Å²) in [6, 6.07) is 4.61. The highest BCUT2D eigenvalue weighted by molar-refractivity contribution is 5.72. The van der Waals surface area contributed by atoms with Gasteiger partial charge in [-0.1, -0.05) is 19.2 Å². The summed E-state index contributed by atoms with van der Waals surface area (Å²) >= 11 is 0. The fourth-order valence-corrected chi connectivity index (χ4v) is 3.98. The molecule has 28 heavy (non-hydrogen) atoms. The molecule has 7 nitrogen and oxygen atoms in total. The molecule has 7 heteroatoms. The van der Waals surface area contributed by atoms with E-state index in [1.807, 2.05) is 21.3 Å². The Morgan fingerprint density at radius 2 is 1.96 bits per heavy atom. The molecule has 0 radical (unpaired) electrons. The minimum atomic E-state index is 0. The number of hydrogen-bond acceptors (Lipinski definition) is 5. The summed E-state index contributed by atoms with van der Waals surface area (Å²) in [5.74, 6) is 0.579. The number of aromatic nitrogens is 5. The van der Waals surface area contributed by atoms with Crippen molar-refractivity contribution in [2.24, 2.45) is 0 Å². The second-order valence-corrected chi connectivity index (χ2v) is 7.51. The second-order valence-electron chi connectivity index (χ2n) is 7.51. The zero-order chi connectivity index (χ0) is 19.3. The van der Waals surface area contributed by atoms with Crippen molar-refractivity contribution in [3.8, 4) is 0 Å². The first kappa shape index (κ1) is 16.9. The van der Waals surface area contributed by atoms with Gasteiger partial charge in [0.15, 0.2) is 5.65 Å². The molecule has 2 aliphatic carbocycles. The van der Waals surface area contributed by atoms with Crippen LogP contribution in [0, 0.1) is 0 Å². The normalized spacial score (nSPS) is 21.3. The van der Waals surface area contributed by atoms with Crippen LogP contribution in [0.1, 0.15) is 50.5 Å². The monoisotopic (exact) mass is 376 g/mol. The molecule has 0 saturated heterocycles. The average molecular weight is 376 g/mol. The SMILES string of the molecule is C=Cc1cnc(NC2CC(n3c(=O)n(C4CC4)c4cccnc43)C2)nc1C=C.[HH]. The predicted molar refractivity (Wildman–Crippen MR) is 112 cm³/mol. The lowest BCUT2D eigenvalue weighted by Gasteiger charge is -2.36. The van der Waals surface area contributed by atoms with E-state index < -0.39 is 0 Å². The lowest BCUT2D eigenvalue weighted by atomic mass is 9.86. The zero-order valence-corrected chi connectivity index (χ0v) is 15.6. The van der Waals surface area contributed by atoms with Crippen LogP contribution in [0.4, 0.5) is 5.95 Å². The molecule has 5 rings (SSSR count). The first-order valence-corrected chi connectivity index (χ1v) is 9.65. The third kappa shape index (κ3) is 2.66. The van der Waals surface area contributed by atoms with E-state index in [0.717, 1.165) is 48.1 Å². The van der Waals surface area contributed by atoms with E-state index in [0.29, 0.717) is 12.0 Å². The van der Waals surface area contributed by atoms with Crippen molar-refractivity contribution in [1.82, 2.24) is 24.1 Å². The molecule has 144 valence electrons. The minimum Gasteiger partial charge on any atom is -0.351 e. The van der Waals surface area contributed by atoms with Crippen molar-refractivity contribution >= 4 is 29.3 Å². The van der Waals surface area contributed by atoms with E-state index >= 15 is 0 Å². The molecule has 0 amide bonds. The smallest absolute Gasteiger partial charge is 0.330 e. The Bertz CT molecular complexity index is 1140. The number of hydrogen-bond donors (Lipinski definition) is 1. The van der Waals surface area contributed by atoms with Crippen LogP contribution in [0.15, 0.2) is 42.5 Å². The molecule has 0 atom stereocenters. The van der Waals surface area contributed by atoms with Gasteiger partial charge in [-0.05, 0) is 43.9 Å². The standard InChI is InChI=1S/C21H22N6O.H2/c1-3-13-12-23-20(25-17(13)4-2)24-14-10-16(11-14)27-19-18(6-5-9-22-19)26(21(27)28)15-7-8-15;/h3-6,9,12,14-16H,1-2,7-8,10-11H2,(H,23,24,25);1H. The number of pyridine rings is 1. The van der Waals surface area contributed by atoms with Crippen molar-refractivity contribution in [2.75, 3.05) is 5.32 Å². The Balaban J connectivity index is 0.00000205. The lowest BCUT2D eigenvalue weighted by molar-refractivity contribution is 0.279. The first-order chi connectivity index (χ1) is 13.7. The second kappa shape index (κ2) is 6.44. The number of nitrogens with zero attached hydrogens (tertiary/aromatic N) is 5. The molecule has 2 fully saturated rings. The van der Waals surface area contributed by atoms with Crippen LogP contribution in [0.3, 0.4) is 0 Å². The van der Waals surface area contributed by atoms with Gasteiger partial charge in [-0.15, -0.1) is 0 Å². The van der Waals surface area contributed by atoms with Gasteiger partial charge in [-0.25, -0.2) is 19.7 Å².